The summed E-state index contributed by atoms with van der Waals surface area (Å²) < 4.78 is 0.924. The molecule has 1 N–H and O–H groups in total. The highest BCUT2D eigenvalue weighted by Crippen LogP contribution is 2.31. The number of anilines is 1. The van der Waals surface area contributed by atoms with Gasteiger partial charge in [0.05, 0.1) is 10.2 Å². The second-order valence-electron chi connectivity index (χ2n) is 3.87. The Morgan fingerprint density at radius 3 is 2.47 bits per heavy atom. The fourth-order valence-electron chi connectivity index (χ4n) is 1.70. The van der Waals surface area contributed by atoms with E-state index in [1.165, 1.54) is 9.75 Å². The average molecular weight is 312 g/mol. The lowest BCUT2D eigenvalue weighted by Gasteiger charge is -2.08. The van der Waals surface area contributed by atoms with E-state index in [4.69, 9.17) is 0 Å². The molecule has 0 unspecified atom stereocenters. The molecule has 90 valence electrons. The third-order valence-corrected chi connectivity index (χ3v) is 4.45. The molecule has 0 fully saturated rings. The first-order valence-electron chi connectivity index (χ1n) is 5.32. The summed E-state index contributed by atoms with van der Waals surface area (Å²) >= 11 is 5.26. The number of thiophene rings is 1. The monoisotopic (exact) mass is 311 g/mol. The van der Waals surface area contributed by atoms with Gasteiger partial charge in [0.25, 0.3) is 0 Å². The van der Waals surface area contributed by atoms with E-state index in [2.05, 4.69) is 51.1 Å². The first kappa shape index (κ1) is 12.5. The topological polar surface area (TPSA) is 37.8 Å². The molecule has 0 amide bonds. The van der Waals surface area contributed by atoms with Gasteiger partial charge < -0.3 is 5.32 Å². The van der Waals surface area contributed by atoms with Crippen molar-refractivity contribution in [3.63, 3.8) is 0 Å². The number of aryl methyl sites for hydroxylation is 3. The van der Waals surface area contributed by atoms with E-state index in [1.54, 1.807) is 11.3 Å². The molecular formula is C12H14BrN3S. The van der Waals surface area contributed by atoms with Crippen molar-refractivity contribution in [1.82, 2.24) is 9.97 Å². The third kappa shape index (κ3) is 2.35. The van der Waals surface area contributed by atoms with Crippen LogP contribution in [0.1, 0.15) is 15.4 Å². The summed E-state index contributed by atoms with van der Waals surface area (Å²) in [4.78, 5) is 11.6. The fraction of sp³-hybridized carbons (Fsp3) is 0.333. The molecule has 0 aliphatic carbocycles. The van der Waals surface area contributed by atoms with Crippen LogP contribution in [-0.2, 0) is 0 Å². The van der Waals surface area contributed by atoms with E-state index in [1.807, 2.05) is 14.0 Å². The van der Waals surface area contributed by atoms with E-state index in [-0.39, 0.29) is 0 Å². The zero-order valence-electron chi connectivity index (χ0n) is 10.3. The highest BCUT2D eigenvalue weighted by molar-refractivity contribution is 9.10. The van der Waals surface area contributed by atoms with E-state index >= 15 is 0 Å². The number of hydrogen-bond acceptors (Lipinski definition) is 4. The van der Waals surface area contributed by atoms with Crippen LogP contribution in [0.3, 0.4) is 0 Å². The number of nitrogens with one attached hydrogen (secondary N) is 1. The number of hydrogen-bond donors (Lipinski definition) is 1. The number of aromatic nitrogens is 2. The van der Waals surface area contributed by atoms with Gasteiger partial charge in [-0.2, -0.15) is 0 Å². The summed E-state index contributed by atoms with van der Waals surface area (Å²) in [6.07, 6.45) is 0. The standard InChI is InChI=1S/C12H14BrN3S/c1-6-5-9(8(3)17-6)11-15-7(2)10(13)12(14-4)16-11/h5H,1-4H3,(H,14,15,16). The predicted molar refractivity (Wildman–Crippen MR) is 76.8 cm³/mol. The Morgan fingerprint density at radius 2 is 1.94 bits per heavy atom. The van der Waals surface area contributed by atoms with Gasteiger partial charge in [-0.1, -0.05) is 0 Å². The molecular weight excluding hydrogens is 298 g/mol. The van der Waals surface area contributed by atoms with Gasteiger partial charge in [-0.15, -0.1) is 11.3 Å². The maximum Gasteiger partial charge on any atom is 0.162 e. The molecule has 3 nitrogen and oxygen atoms in total. The van der Waals surface area contributed by atoms with Crippen LogP contribution in [0, 0.1) is 20.8 Å². The fourth-order valence-corrected chi connectivity index (χ4v) is 2.99. The van der Waals surface area contributed by atoms with Gasteiger partial charge >= 0.3 is 0 Å². The van der Waals surface area contributed by atoms with Crippen molar-refractivity contribution in [3.05, 3.63) is 26.0 Å². The van der Waals surface area contributed by atoms with Gasteiger partial charge in [0.15, 0.2) is 5.82 Å². The van der Waals surface area contributed by atoms with Crippen molar-refractivity contribution in [3.8, 4) is 11.4 Å². The summed E-state index contributed by atoms with van der Waals surface area (Å²) in [6.45, 7) is 6.18. The van der Waals surface area contributed by atoms with E-state index in [9.17, 15) is 0 Å². The molecule has 2 rings (SSSR count). The van der Waals surface area contributed by atoms with Gasteiger partial charge in [-0.25, -0.2) is 9.97 Å². The average Bonchev–Trinajstić information content (AvgIpc) is 2.61. The van der Waals surface area contributed by atoms with Gasteiger partial charge in [0.2, 0.25) is 0 Å². The summed E-state index contributed by atoms with van der Waals surface area (Å²) in [5, 5.41) is 3.08. The summed E-state index contributed by atoms with van der Waals surface area (Å²) in [6, 6.07) is 2.14. The predicted octanol–water partition coefficient (Wildman–Crippen LogP) is 3.93. The molecule has 0 saturated heterocycles. The van der Waals surface area contributed by atoms with Gasteiger partial charge in [0.1, 0.15) is 5.82 Å². The van der Waals surface area contributed by atoms with Crippen molar-refractivity contribution in [2.24, 2.45) is 0 Å². The Balaban J connectivity index is 2.60. The molecule has 0 radical (unpaired) electrons. The van der Waals surface area contributed by atoms with E-state index in [0.717, 1.165) is 27.4 Å². The molecule has 17 heavy (non-hydrogen) atoms. The smallest absolute Gasteiger partial charge is 0.162 e. The van der Waals surface area contributed by atoms with E-state index in [0.29, 0.717) is 0 Å². The number of halogens is 1. The second-order valence-corrected chi connectivity index (χ2v) is 6.13. The largest absolute Gasteiger partial charge is 0.372 e. The van der Waals surface area contributed by atoms with Crippen LogP contribution in [0.15, 0.2) is 10.5 Å². The highest BCUT2D eigenvalue weighted by Gasteiger charge is 2.13. The molecule has 0 aromatic carbocycles. The Labute approximate surface area is 113 Å². The maximum absolute atomic E-state index is 4.53. The Morgan fingerprint density at radius 1 is 1.24 bits per heavy atom. The zero-order chi connectivity index (χ0) is 12.6. The lowest BCUT2D eigenvalue weighted by molar-refractivity contribution is 1.09. The molecule has 2 aromatic rings. The van der Waals surface area contributed by atoms with Crippen molar-refractivity contribution in [1.29, 1.82) is 0 Å². The molecule has 2 aromatic heterocycles. The highest BCUT2D eigenvalue weighted by atomic mass is 79.9. The van der Waals surface area contributed by atoms with Crippen LogP contribution in [0.4, 0.5) is 5.82 Å². The quantitative estimate of drug-likeness (QED) is 0.913. The van der Waals surface area contributed by atoms with Crippen LogP contribution < -0.4 is 5.32 Å². The minimum Gasteiger partial charge on any atom is -0.372 e. The normalized spacial score (nSPS) is 10.6. The van der Waals surface area contributed by atoms with Crippen LogP contribution in [0.2, 0.25) is 0 Å². The Hall–Kier alpha value is -0.940. The number of rotatable bonds is 2. The van der Waals surface area contributed by atoms with Gasteiger partial charge in [0, 0.05) is 22.4 Å². The molecule has 0 atom stereocenters. The zero-order valence-corrected chi connectivity index (χ0v) is 12.7. The molecule has 0 spiro atoms. The van der Waals surface area contributed by atoms with Crippen molar-refractivity contribution in [2.45, 2.75) is 20.8 Å². The van der Waals surface area contributed by atoms with Gasteiger partial charge in [-0.3, -0.25) is 0 Å². The first-order chi connectivity index (χ1) is 8.02. The van der Waals surface area contributed by atoms with Gasteiger partial charge in [-0.05, 0) is 42.8 Å². The maximum atomic E-state index is 4.53. The Kier molecular flexibility index (Phi) is 3.49. The summed E-state index contributed by atoms with van der Waals surface area (Å²) in [7, 11) is 1.86. The van der Waals surface area contributed by atoms with Crippen molar-refractivity contribution >= 4 is 33.1 Å². The molecule has 5 heteroatoms. The van der Waals surface area contributed by atoms with Crippen molar-refractivity contribution in [2.75, 3.05) is 12.4 Å². The summed E-state index contributed by atoms with van der Waals surface area (Å²) in [5.74, 6) is 1.62. The third-order valence-electron chi connectivity index (χ3n) is 2.54. The van der Waals surface area contributed by atoms with Crippen LogP contribution in [0.5, 0.6) is 0 Å². The molecule has 0 saturated carbocycles. The molecule has 0 aliphatic heterocycles. The first-order valence-corrected chi connectivity index (χ1v) is 6.93. The van der Waals surface area contributed by atoms with Crippen LogP contribution in [0.25, 0.3) is 11.4 Å². The van der Waals surface area contributed by atoms with E-state index < -0.39 is 0 Å². The molecule has 0 bridgehead atoms. The van der Waals surface area contributed by atoms with Crippen LogP contribution in [-0.4, -0.2) is 17.0 Å². The molecule has 2 heterocycles. The van der Waals surface area contributed by atoms with Crippen LogP contribution >= 0.6 is 27.3 Å². The second kappa shape index (κ2) is 4.74. The Bertz CT molecular complexity index is 563. The summed E-state index contributed by atoms with van der Waals surface area (Å²) in [5.41, 5.74) is 2.07. The lowest BCUT2D eigenvalue weighted by atomic mass is 10.2. The SMILES string of the molecule is CNc1nc(-c2cc(C)sc2C)nc(C)c1Br. The lowest BCUT2D eigenvalue weighted by Crippen LogP contribution is -2.00. The number of nitrogens with zero attached hydrogens (tertiary/aromatic N) is 2. The minimum absolute atomic E-state index is 0.789. The minimum atomic E-state index is 0.789. The molecule has 0 aliphatic rings. The van der Waals surface area contributed by atoms with Crippen molar-refractivity contribution < 1.29 is 0 Å².